The summed E-state index contributed by atoms with van der Waals surface area (Å²) in [5.41, 5.74) is 1.66. The summed E-state index contributed by atoms with van der Waals surface area (Å²) in [6.45, 7) is 6.39. The summed E-state index contributed by atoms with van der Waals surface area (Å²) < 4.78 is 28.2. The third kappa shape index (κ3) is 3.69. The van der Waals surface area contributed by atoms with Crippen molar-refractivity contribution in [2.24, 2.45) is 17.3 Å². The lowest BCUT2D eigenvalue weighted by atomic mass is 9.98. The van der Waals surface area contributed by atoms with Crippen LogP contribution in [0.25, 0.3) is 0 Å². The molecule has 0 saturated heterocycles. The Kier molecular flexibility index (Phi) is 5.21. The lowest BCUT2D eigenvalue weighted by molar-refractivity contribution is 0.371. The molecule has 0 bridgehead atoms. The van der Waals surface area contributed by atoms with Crippen LogP contribution < -0.4 is 0 Å². The summed E-state index contributed by atoms with van der Waals surface area (Å²) in [5, 5.41) is 0. The highest BCUT2D eigenvalue weighted by Gasteiger charge is 2.64. The van der Waals surface area contributed by atoms with E-state index in [2.05, 4.69) is 30.6 Å². The van der Waals surface area contributed by atoms with Crippen molar-refractivity contribution in [2.45, 2.75) is 18.2 Å². The standard InChI is InChI=1S/C25H25NO2S/c1-3-18-26(29(27,28)22-14-12-20(2)13-15-22)19-25(23-10-7-11-24(23)25)17-16-21-8-5-4-6-9-21/h3-10,12-15,23-24H,1,11,18-19H2,2H3. The minimum atomic E-state index is -3.62. The molecule has 3 nitrogen and oxygen atoms in total. The molecule has 2 aromatic rings. The van der Waals surface area contributed by atoms with Crippen molar-refractivity contribution >= 4 is 10.0 Å². The molecule has 29 heavy (non-hydrogen) atoms. The van der Waals surface area contributed by atoms with Crippen LogP contribution in [0.4, 0.5) is 0 Å². The third-order valence-corrected chi connectivity index (χ3v) is 7.78. The van der Waals surface area contributed by atoms with E-state index in [9.17, 15) is 8.42 Å². The van der Waals surface area contributed by atoms with Gasteiger partial charge in [-0.15, -0.1) is 6.58 Å². The molecule has 1 fully saturated rings. The number of aryl methyl sites for hydroxylation is 1. The van der Waals surface area contributed by atoms with E-state index in [-0.39, 0.29) is 12.0 Å². The van der Waals surface area contributed by atoms with Gasteiger partial charge in [-0.25, -0.2) is 8.42 Å². The molecule has 0 aromatic heterocycles. The summed E-state index contributed by atoms with van der Waals surface area (Å²) >= 11 is 0. The van der Waals surface area contributed by atoms with Crippen molar-refractivity contribution in [1.82, 2.24) is 4.31 Å². The second-order valence-corrected chi connectivity index (χ2v) is 9.79. The molecule has 148 valence electrons. The largest absolute Gasteiger partial charge is 0.243 e. The van der Waals surface area contributed by atoms with Gasteiger partial charge in [-0.3, -0.25) is 0 Å². The highest BCUT2D eigenvalue weighted by Crippen LogP contribution is 2.64. The van der Waals surface area contributed by atoms with Gasteiger partial charge in [0.2, 0.25) is 10.0 Å². The van der Waals surface area contributed by atoms with E-state index in [1.807, 2.05) is 49.4 Å². The van der Waals surface area contributed by atoms with Crippen molar-refractivity contribution in [3.8, 4) is 11.8 Å². The molecule has 0 aliphatic heterocycles. The number of fused-ring (bicyclic) bond motifs is 1. The Hall–Kier alpha value is -2.61. The first-order valence-electron chi connectivity index (χ1n) is 9.90. The van der Waals surface area contributed by atoms with Gasteiger partial charge in [-0.1, -0.05) is 66.0 Å². The van der Waals surface area contributed by atoms with E-state index >= 15 is 0 Å². The Morgan fingerprint density at radius 2 is 1.90 bits per heavy atom. The SMILES string of the molecule is C=CCN(CC1(C#Cc2ccccc2)C2C=CCC21)S(=O)(=O)c1ccc(C)cc1. The lowest BCUT2D eigenvalue weighted by Crippen LogP contribution is -2.37. The normalized spacial score (nSPS) is 24.6. The molecule has 2 aromatic carbocycles. The van der Waals surface area contributed by atoms with Gasteiger partial charge in [0, 0.05) is 18.7 Å². The fraction of sp³-hybridized carbons (Fsp3) is 0.280. The van der Waals surface area contributed by atoms with E-state index in [0.717, 1.165) is 17.5 Å². The number of rotatable bonds is 6. The van der Waals surface area contributed by atoms with Crippen LogP contribution >= 0.6 is 0 Å². The van der Waals surface area contributed by atoms with Crippen molar-refractivity contribution < 1.29 is 8.42 Å². The van der Waals surface area contributed by atoms with Crippen LogP contribution in [0.15, 0.2) is 84.3 Å². The molecule has 3 unspecified atom stereocenters. The monoisotopic (exact) mass is 403 g/mol. The zero-order valence-electron chi connectivity index (χ0n) is 16.6. The Labute approximate surface area is 173 Å². The molecular weight excluding hydrogens is 378 g/mol. The van der Waals surface area contributed by atoms with Gasteiger partial charge >= 0.3 is 0 Å². The first kappa shape index (κ1) is 19.7. The first-order chi connectivity index (χ1) is 14.0. The van der Waals surface area contributed by atoms with Crippen molar-refractivity contribution in [3.63, 3.8) is 0 Å². The van der Waals surface area contributed by atoms with E-state index in [4.69, 9.17) is 0 Å². The molecular formula is C25H25NO2S. The summed E-state index contributed by atoms with van der Waals surface area (Å²) in [4.78, 5) is 0.317. The van der Waals surface area contributed by atoms with Crippen LogP contribution in [0.3, 0.4) is 0 Å². The average molecular weight is 404 g/mol. The summed E-state index contributed by atoms with van der Waals surface area (Å²) in [7, 11) is -3.62. The Balaban J connectivity index is 1.67. The number of allylic oxidation sites excluding steroid dienone is 2. The van der Waals surface area contributed by atoms with Crippen LogP contribution in [0.2, 0.25) is 0 Å². The maximum Gasteiger partial charge on any atom is 0.243 e. The van der Waals surface area contributed by atoms with Gasteiger partial charge in [-0.05, 0) is 49.4 Å². The first-order valence-corrected chi connectivity index (χ1v) is 11.3. The molecule has 0 N–H and O–H groups in total. The predicted molar refractivity (Wildman–Crippen MR) is 117 cm³/mol. The van der Waals surface area contributed by atoms with E-state index in [0.29, 0.717) is 23.3 Å². The molecule has 0 amide bonds. The Bertz CT molecular complexity index is 1090. The fourth-order valence-corrected chi connectivity index (χ4v) is 5.74. The molecule has 0 heterocycles. The van der Waals surface area contributed by atoms with Gasteiger partial charge < -0.3 is 0 Å². The van der Waals surface area contributed by atoms with Gasteiger partial charge in [-0.2, -0.15) is 4.31 Å². The van der Waals surface area contributed by atoms with Crippen LogP contribution in [0.1, 0.15) is 17.5 Å². The highest BCUT2D eigenvalue weighted by molar-refractivity contribution is 7.89. The lowest BCUT2D eigenvalue weighted by Gasteiger charge is -2.25. The number of hydrogen-bond donors (Lipinski definition) is 0. The minimum Gasteiger partial charge on any atom is -0.207 e. The van der Waals surface area contributed by atoms with E-state index < -0.39 is 10.0 Å². The zero-order valence-corrected chi connectivity index (χ0v) is 17.4. The molecule has 3 atom stereocenters. The molecule has 1 saturated carbocycles. The molecule has 4 rings (SSSR count). The van der Waals surface area contributed by atoms with Crippen LogP contribution in [-0.4, -0.2) is 25.8 Å². The maximum atomic E-state index is 13.3. The minimum absolute atomic E-state index is 0.272. The van der Waals surface area contributed by atoms with E-state index in [1.54, 1.807) is 18.2 Å². The quantitative estimate of drug-likeness (QED) is 0.529. The third-order valence-electron chi connectivity index (χ3n) is 5.96. The molecule has 0 radical (unpaired) electrons. The zero-order chi connectivity index (χ0) is 20.5. The number of hydrogen-bond acceptors (Lipinski definition) is 2. The second-order valence-electron chi connectivity index (χ2n) is 7.85. The number of benzene rings is 2. The molecule has 2 aliphatic carbocycles. The smallest absolute Gasteiger partial charge is 0.207 e. The van der Waals surface area contributed by atoms with Crippen LogP contribution in [0, 0.1) is 36.0 Å². The topological polar surface area (TPSA) is 37.4 Å². The van der Waals surface area contributed by atoms with Crippen LogP contribution in [0.5, 0.6) is 0 Å². The molecule has 2 aliphatic rings. The van der Waals surface area contributed by atoms with Crippen molar-refractivity contribution in [2.75, 3.05) is 13.1 Å². The Morgan fingerprint density at radius 3 is 2.52 bits per heavy atom. The van der Waals surface area contributed by atoms with Crippen molar-refractivity contribution in [1.29, 1.82) is 0 Å². The van der Waals surface area contributed by atoms with E-state index in [1.165, 1.54) is 4.31 Å². The predicted octanol–water partition coefficient (Wildman–Crippen LogP) is 4.42. The Morgan fingerprint density at radius 1 is 1.17 bits per heavy atom. The van der Waals surface area contributed by atoms with Gasteiger partial charge in [0.1, 0.15) is 0 Å². The van der Waals surface area contributed by atoms with Crippen LogP contribution in [-0.2, 0) is 10.0 Å². The molecule has 0 spiro atoms. The van der Waals surface area contributed by atoms with Gasteiger partial charge in [0.15, 0.2) is 0 Å². The van der Waals surface area contributed by atoms with Gasteiger partial charge in [0.05, 0.1) is 10.3 Å². The van der Waals surface area contributed by atoms with Gasteiger partial charge in [0.25, 0.3) is 0 Å². The molecule has 4 heteroatoms. The summed E-state index contributed by atoms with van der Waals surface area (Å²) in [6.07, 6.45) is 7.00. The number of nitrogens with zero attached hydrogens (tertiary/aromatic N) is 1. The second kappa shape index (κ2) is 7.67. The summed E-state index contributed by atoms with van der Waals surface area (Å²) in [6, 6.07) is 16.9. The number of sulfonamides is 1. The van der Waals surface area contributed by atoms with Crippen molar-refractivity contribution in [3.05, 3.63) is 90.5 Å². The highest BCUT2D eigenvalue weighted by atomic mass is 32.2. The maximum absolute atomic E-state index is 13.3. The average Bonchev–Trinajstić information content (AvgIpc) is 3.04. The summed E-state index contributed by atoms with van der Waals surface area (Å²) in [5.74, 6) is 7.47. The fourth-order valence-electron chi connectivity index (χ4n) is 4.28.